The van der Waals surface area contributed by atoms with Gasteiger partial charge in [-0.3, -0.25) is 9.59 Å². The molecule has 0 radical (unpaired) electrons. The molecule has 0 saturated carbocycles. The van der Waals surface area contributed by atoms with Gasteiger partial charge in [0, 0.05) is 6.54 Å². The third-order valence-corrected chi connectivity index (χ3v) is 6.48. The molecule has 2 aromatic rings. The van der Waals surface area contributed by atoms with Crippen LogP contribution in [0.1, 0.15) is 12.5 Å². The standard InChI is InChI=1S/C17H20N2O5S2/c1-13(18-26(22,23)16-9-6-10-25-16)17(21)19(12-15(20)24-2)11-14-7-4-3-5-8-14/h3-10,13,18H,11-12H2,1-2H3. The van der Waals surface area contributed by atoms with Crippen molar-refractivity contribution in [1.29, 1.82) is 0 Å². The van der Waals surface area contributed by atoms with E-state index < -0.39 is 27.9 Å². The molecule has 1 heterocycles. The number of hydrogen-bond donors (Lipinski definition) is 1. The summed E-state index contributed by atoms with van der Waals surface area (Å²) in [5, 5.41) is 1.64. The van der Waals surface area contributed by atoms with Crippen LogP contribution in [0.5, 0.6) is 0 Å². The molecule has 0 aliphatic rings. The molecule has 1 amide bonds. The van der Waals surface area contributed by atoms with Gasteiger partial charge in [-0.25, -0.2) is 8.42 Å². The first-order valence-corrected chi connectivity index (χ1v) is 10.1. The first-order chi connectivity index (χ1) is 12.3. The molecule has 0 bridgehead atoms. The van der Waals surface area contributed by atoms with Crippen LogP contribution < -0.4 is 4.72 Å². The lowest BCUT2D eigenvalue weighted by Gasteiger charge is -2.25. The number of carbonyl (C=O) groups is 2. The van der Waals surface area contributed by atoms with Crippen LogP contribution in [0.25, 0.3) is 0 Å². The van der Waals surface area contributed by atoms with Crippen molar-refractivity contribution in [2.75, 3.05) is 13.7 Å². The van der Waals surface area contributed by atoms with Crippen LogP contribution in [0.4, 0.5) is 0 Å². The highest BCUT2D eigenvalue weighted by atomic mass is 32.2. The average molecular weight is 396 g/mol. The number of hydrogen-bond acceptors (Lipinski definition) is 6. The van der Waals surface area contributed by atoms with Crippen LogP contribution in [0.15, 0.2) is 52.1 Å². The summed E-state index contributed by atoms with van der Waals surface area (Å²) in [5.74, 6) is -1.10. The fourth-order valence-corrected chi connectivity index (χ4v) is 4.47. The van der Waals surface area contributed by atoms with E-state index in [1.807, 2.05) is 30.3 Å². The number of sulfonamides is 1. The lowest BCUT2D eigenvalue weighted by Crippen LogP contribution is -2.48. The lowest BCUT2D eigenvalue weighted by atomic mass is 10.2. The Balaban J connectivity index is 2.15. The van der Waals surface area contributed by atoms with Crippen LogP contribution in [0.3, 0.4) is 0 Å². The Hall–Kier alpha value is -2.23. The van der Waals surface area contributed by atoms with Gasteiger partial charge in [-0.05, 0) is 23.9 Å². The van der Waals surface area contributed by atoms with Gasteiger partial charge < -0.3 is 9.64 Å². The number of methoxy groups -OCH3 is 1. The molecule has 7 nitrogen and oxygen atoms in total. The second kappa shape index (κ2) is 8.93. The summed E-state index contributed by atoms with van der Waals surface area (Å²) in [4.78, 5) is 25.7. The van der Waals surface area contributed by atoms with Gasteiger partial charge in [-0.1, -0.05) is 36.4 Å². The maximum Gasteiger partial charge on any atom is 0.325 e. The average Bonchev–Trinajstić information content (AvgIpc) is 3.16. The summed E-state index contributed by atoms with van der Waals surface area (Å²) >= 11 is 1.06. The maximum atomic E-state index is 12.7. The SMILES string of the molecule is COC(=O)CN(Cc1ccccc1)C(=O)C(C)NS(=O)(=O)c1cccs1. The fourth-order valence-electron chi connectivity index (χ4n) is 2.27. The molecule has 0 aliphatic carbocycles. The molecule has 0 fully saturated rings. The highest BCUT2D eigenvalue weighted by Gasteiger charge is 2.27. The first-order valence-electron chi connectivity index (χ1n) is 7.79. The lowest BCUT2D eigenvalue weighted by molar-refractivity contribution is -0.147. The molecule has 1 unspecified atom stereocenters. The largest absolute Gasteiger partial charge is 0.468 e. The second-order valence-electron chi connectivity index (χ2n) is 5.53. The molecule has 0 aliphatic heterocycles. The minimum atomic E-state index is -3.80. The number of benzene rings is 1. The van der Waals surface area contributed by atoms with Crippen LogP contribution in [-0.4, -0.2) is 44.9 Å². The van der Waals surface area contributed by atoms with Gasteiger partial charge in [-0.2, -0.15) is 4.72 Å². The Morgan fingerprint density at radius 1 is 1.19 bits per heavy atom. The van der Waals surface area contributed by atoms with E-state index >= 15 is 0 Å². The van der Waals surface area contributed by atoms with E-state index in [0.29, 0.717) is 0 Å². The Bertz CT molecular complexity index is 835. The van der Waals surface area contributed by atoms with E-state index in [1.54, 1.807) is 11.4 Å². The third kappa shape index (κ3) is 5.38. The minimum absolute atomic E-state index is 0.125. The van der Waals surface area contributed by atoms with Gasteiger partial charge in [0.1, 0.15) is 10.8 Å². The highest BCUT2D eigenvalue weighted by molar-refractivity contribution is 7.91. The second-order valence-corrected chi connectivity index (χ2v) is 8.42. The molecule has 1 aromatic heterocycles. The number of rotatable bonds is 8. The van der Waals surface area contributed by atoms with Gasteiger partial charge in [0.15, 0.2) is 0 Å². The van der Waals surface area contributed by atoms with Crippen molar-refractivity contribution in [3.8, 4) is 0 Å². The highest BCUT2D eigenvalue weighted by Crippen LogP contribution is 2.16. The zero-order valence-corrected chi connectivity index (χ0v) is 16.0. The van der Waals surface area contributed by atoms with E-state index in [1.165, 1.54) is 25.0 Å². The van der Waals surface area contributed by atoms with Crippen LogP contribution >= 0.6 is 11.3 Å². The van der Waals surface area contributed by atoms with Crippen molar-refractivity contribution in [2.45, 2.75) is 23.7 Å². The zero-order chi connectivity index (χ0) is 19.2. The summed E-state index contributed by atoms with van der Waals surface area (Å²) in [5.41, 5.74) is 0.818. The molecule has 1 N–H and O–H groups in total. The molecule has 0 saturated heterocycles. The monoisotopic (exact) mass is 396 g/mol. The number of ether oxygens (including phenoxy) is 1. The maximum absolute atomic E-state index is 12.7. The number of thiophene rings is 1. The Morgan fingerprint density at radius 2 is 1.88 bits per heavy atom. The number of nitrogens with zero attached hydrogens (tertiary/aromatic N) is 1. The van der Waals surface area contributed by atoms with Crippen LogP contribution in [0.2, 0.25) is 0 Å². The third-order valence-electron chi connectivity index (χ3n) is 3.54. The normalized spacial score (nSPS) is 12.4. The van der Waals surface area contributed by atoms with Crippen molar-refractivity contribution >= 4 is 33.2 Å². The molecule has 1 atom stereocenters. The summed E-state index contributed by atoms with van der Waals surface area (Å²) in [6.45, 7) is 1.35. The number of carbonyl (C=O) groups excluding carboxylic acids is 2. The van der Waals surface area contributed by atoms with Crippen molar-refractivity contribution in [2.24, 2.45) is 0 Å². The molecule has 26 heavy (non-hydrogen) atoms. The van der Waals surface area contributed by atoms with E-state index in [0.717, 1.165) is 16.9 Å². The van der Waals surface area contributed by atoms with Crippen molar-refractivity contribution in [3.63, 3.8) is 0 Å². The summed E-state index contributed by atoms with van der Waals surface area (Å²) in [6.07, 6.45) is 0. The summed E-state index contributed by atoms with van der Waals surface area (Å²) in [7, 11) is -2.56. The van der Waals surface area contributed by atoms with E-state index in [4.69, 9.17) is 0 Å². The zero-order valence-electron chi connectivity index (χ0n) is 14.4. The molecule has 9 heteroatoms. The first kappa shape index (κ1) is 20.1. The topological polar surface area (TPSA) is 92.8 Å². The summed E-state index contributed by atoms with van der Waals surface area (Å²) < 4.78 is 31.7. The molecular weight excluding hydrogens is 376 g/mol. The van der Waals surface area contributed by atoms with Gasteiger partial charge >= 0.3 is 5.97 Å². The predicted octanol–water partition coefficient (Wildman–Crippen LogP) is 1.62. The van der Waals surface area contributed by atoms with E-state index in [9.17, 15) is 18.0 Å². The Kier molecular flexibility index (Phi) is 6.90. The van der Waals surface area contributed by atoms with E-state index in [2.05, 4.69) is 9.46 Å². The molecule has 0 spiro atoms. The molecule has 2 rings (SSSR count). The number of amides is 1. The summed E-state index contributed by atoms with van der Waals surface area (Å²) in [6, 6.07) is 11.2. The number of esters is 1. The molecule has 140 valence electrons. The van der Waals surface area contributed by atoms with Crippen LogP contribution in [-0.2, 0) is 30.9 Å². The van der Waals surface area contributed by atoms with Crippen molar-refractivity contribution in [3.05, 3.63) is 53.4 Å². The van der Waals surface area contributed by atoms with Gasteiger partial charge in [0.2, 0.25) is 5.91 Å². The Labute approximate surface area is 156 Å². The number of nitrogens with one attached hydrogen (secondary N) is 1. The van der Waals surface area contributed by atoms with Gasteiger partial charge in [0.25, 0.3) is 10.0 Å². The van der Waals surface area contributed by atoms with Gasteiger partial charge in [-0.15, -0.1) is 11.3 Å². The van der Waals surface area contributed by atoms with Crippen LogP contribution in [0, 0.1) is 0 Å². The molecule has 1 aromatic carbocycles. The van der Waals surface area contributed by atoms with Crippen molar-refractivity contribution < 1.29 is 22.7 Å². The van der Waals surface area contributed by atoms with E-state index in [-0.39, 0.29) is 17.3 Å². The smallest absolute Gasteiger partial charge is 0.325 e. The van der Waals surface area contributed by atoms with Crippen molar-refractivity contribution in [1.82, 2.24) is 9.62 Å². The Morgan fingerprint density at radius 3 is 2.46 bits per heavy atom. The quantitative estimate of drug-likeness (QED) is 0.685. The minimum Gasteiger partial charge on any atom is -0.468 e. The van der Waals surface area contributed by atoms with Gasteiger partial charge in [0.05, 0.1) is 13.2 Å². The predicted molar refractivity (Wildman–Crippen MR) is 98.0 cm³/mol. The fraction of sp³-hybridized carbons (Fsp3) is 0.294. The molecular formula is C17H20N2O5S2.